The lowest BCUT2D eigenvalue weighted by Gasteiger charge is -2.13. The molecule has 0 amide bonds. The van der Waals surface area contributed by atoms with Gasteiger partial charge in [-0.3, -0.25) is 0 Å². The molecule has 1 unspecified atom stereocenters. The quantitative estimate of drug-likeness (QED) is 0.755. The third-order valence-electron chi connectivity index (χ3n) is 3.05. The minimum Gasteiger partial charge on any atom is -0.497 e. The zero-order valence-electron chi connectivity index (χ0n) is 9.40. The molecule has 0 aliphatic carbocycles. The molecule has 2 heteroatoms. The number of hydrogen-bond acceptors (Lipinski definition) is 2. The Hall–Kier alpha value is -1.02. The molecule has 2 nitrogen and oxygen atoms in total. The molecule has 82 valence electrons. The molecular weight excluding hydrogens is 188 g/mol. The third kappa shape index (κ3) is 2.32. The summed E-state index contributed by atoms with van der Waals surface area (Å²) in [6.07, 6.45) is 4.20. The van der Waals surface area contributed by atoms with Crippen LogP contribution >= 0.6 is 0 Å². The molecule has 1 aliphatic rings. The van der Waals surface area contributed by atoms with Crippen molar-refractivity contribution in [2.75, 3.05) is 7.11 Å². The summed E-state index contributed by atoms with van der Waals surface area (Å²) in [5, 5.41) is 0. The van der Waals surface area contributed by atoms with E-state index in [-0.39, 0.29) is 0 Å². The minimum absolute atomic E-state index is 0.292. The summed E-state index contributed by atoms with van der Waals surface area (Å²) < 4.78 is 11.1. The van der Waals surface area contributed by atoms with Gasteiger partial charge in [0.1, 0.15) is 5.75 Å². The molecule has 1 aromatic rings. The second-order valence-corrected chi connectivity index (χ2v) is 4.01. The van der Waals surface area contributed by atoms with E-state index in [2.05, 4.69) is 19.1 Å². The highest BCUT2D eigenvalue weighted by molar-refractivity contribution is 5.28. The van der Waals surface area contributed by atoms with Gasteiger partial charge in [0.15, 0.2) is 0 Å². The first-order valence-electron chi connectivity index (χ1n) is 5.63. The lowest BCUT2D eigenvalue weighted by atomic mass is 10.1. The van der Waals surface area contributed by atoms with Crippen LogP contribution in [0, 0.1) is 0 Å². The van der Waals surface area contributed by atoms with Crippen molar-refractivity contribution in [3.8, 4) is 5.75 Å². The van der Waals surface area contributed by atoms with Gasteiger partial charge in [-0.2, -0.15) is 0 Å². The van der Waals surface area contributed by atoms with Gasteiger partial charge < -0.3 is 9.47 Å². The maximum Gasteiger partial charge on any atom is 0.118 e. The average Bonchev–Trinajstić information content (AvgIpc) is 2.78. The number of methoxy groups -OCH3 is 1. The average molecular weight is 206 g/mol. The SMILES string of the molecule is CC[C@@H]1CCC(c2ccc(OC)cc2)O1. The van der Waals surface area contributed by atoms with Crippen molar-refractivity contribution >= 4 is 0 Å². The first-order valence-corrected chi connectivity index (χ1v) is 5.63. The van der Waals surface area contributed by atoms with Crippen molar-refractivity contribution < 1.29 is 9.47 Å². The summed E-state index contributed by atoms with van der Waals surface area (Å²) in [5.41, 5.74) is 1.27. The van der Waals surface area contributed by atoms with Gasteiger partial charge in [-0.1, -0.05) is 19.1 Å². The largest absolute Gasteiger partial charge is 0.497 e. The normalized spacial score (nSPS) is 25.5. The molecule has 0 aromatic heterocycles. The summed E-state index contributed by atoms with van der Waals surface area (Å²) in [4.78, 5) is 0. The standard InChI is InChI=1S/C13H18O2/c1-3-11-8-9-13(15-11)10-4-6-12(14-2)7-5-10/h4-7,11,13H,3,8-9H2,1-2H3/t11-,13?/m1/s1. The van der Waals surface area contributed by atoms with Crippen molar-refractivity contribution in [2.45, 2.75) is 38.4 Å². The zero-order valence-corrected chi connectivity index (χ0v) is 9.40. The summed E-state index contributed by atoms with van der Waals surface area (Å²) in [7, 11) is 1.69. The predicted octanol–water partition coefficient (Wildman–Crippen LogP) is 3.33. The van der Waals surface area contributed by atoms with Crippen molar-refractivity contribution in [3.63, 3.8) is 0 Å². The molecule has 0 bridgehead atoms. The molecule has 0 saturated carbocycles. The minimum atomic E-state index is 0.292. The van der Waals surface area contributed by atoms with E-state index in [1.165, 1.54) is 12.0 Å². The molecule has 1 aliphatic heterocycles. The maximum absolute atomic E-state index is 5.93. The van der Waals surface area contributed by atoms with Gasteiger partial charge in [0, 0.05) is 0 Å². The van der Waals surface area contributed by atoms with E-state index in [1.807, 2.05) is 12.1 Å². The van der Waals surface area contributed by atoms with Crippen molar-refractivity contribution in [1.82, 2.24) is 0 Å². The summed E-state index contributed by atoms with van der Waals surface area (Å²) in [5.74, 6) is 0.906. The molecule has 1 fully saturated rings. The molecule has 0 spiro atoms. The zero-order chi connectivity index (χ0) is 10.7. The third-order valence-corrected chi connectivity index (χ3v) is 3.05. The fourth-order valence-electron chi connectivity index (χ4n) is 2.07. The molecule has 0 N–H and O–H groups in total. The molecule has 1 aromatic carbocycles. The van der Waals surface area contributed by atoms with Crippen LogP contribution in [0.15, 0.2) is 24.3 Å². The van der Waals surface area contributed by atoms with Crippen LogP contribution in [-0.4, -0.2) is 13.2 Å². The van der Waals surface area contributed by atoms with Crippen LogP contribution in [0.3, 0.4) is 0 Å². The number of hydrogen-bond donors (Lipinski definition) is 0. The maximum atomic E-state index is 5.93. The smallest absolute Gasteiger partial charge is 0.118 e. The van der Waals surface area contributed by atoms with Crippen molar-refractivity contribution in [1.29, 1.82) is 0 Å². The Morgan fingerprint density at radius 1 is 1.27 bits per heavy atom. The lowest BCUT2D eigenvalue weighted by molar-refractivity contribution is 0.0428. The van der Waals surface area contributed by atoms with Crippen molar-refractivity contribution in [2.24, 2.45) is 0 Å². The van der Waals surface area contributed by atoms with E-state index in [9.17, 15) is 0 Å². The van der Waals surface area contributed by atoms with Gasteiger partial charge in [0.05, 0.1) is 19.3 Å². The van der Waals surface area contributed by atoms with Gasteiger partial charge in [-0.25, -0.2) is 0 Å². The lowest BCUT2D eigenvalue weighted by Crippen LogP contribution is -2.04. The van der Waals surface area contributed by atoms with Crippen molar-refractivity contribution in [3.05, 3.63) is 29.8 Å². The van der Waals surface area contributed by atoms with E-state index in [4.69, 9.17) is 9.47 Å². The Kier molecular flexibility index (Phi) is 3.27. The van der Waals surface area contributed by atoms with E-state index in [0.29, 0.717) is 12.2 Å². The molecule has 0 radical (unpaired) electrons. The predicted molar refractivity (Wildman–Crippen MR) is 60.1 cm³/mol. The van der Waals surface area contributed by atoms with Crippen LogP contribution in [0.5, 0.6) is 5.75 Å². The summed E-state index contributed by atoms with van der Waals surface area (Å²) >= 11 is 0. The number of rotatable bonds is 3. The molecule has 1 saturated heterocycles. The summed E-state index contributed by atoms with van der Waals surface area (Å²) in [6, 6.07) is 8.19. The van der Waals surface area contributed by atoms with Gasteiger partial charge >= 0.3 is 0 Å². The van der Waals surface area contributed by atoms with E-state index in [1.54, 1.807) is 7.11 Å². The topological polar surface area (TPSA) is 18.5 Å². The Labute approximate surface area is 91.2 Å². The fourth-order valence-corrected chi connectivity index (χ4v) is 2.07. The van der Waals surface area contributed by atoms with Crippen LogP contribution in [0.1, 0.15) is 37.9 Å². The van der Waals surface area contributed by atoms with Gasteiger partial charge in [-0.05, 0) is 37.0 Å². The van der Waals surface area contributed by atoms with Crippen LogP contribution in [0.25, 0.3) is 0 Å². The highest BCUT2D eigenvalue weighted by Gasteiger charge is 2.24. The van der Waals surface area contributed by atoms with Gasteiger partial charge in [0.25, 0.3) is 0 Å². The van der Waals surface area contributed by atoms with E-state index >= 15 is 0 Å². The second-order valence-electron chi connectivity index (χ2n) is 4.01. The monoisotopic (exact) mass is 206 g/mol. The number of ether oxygens (including phenoxy) is 2. The summed E-state index contributed by atoms with van der Waals surface area (Å²) in [6.45, 7) is 2.18. The molecule has 15 heavy (non-hydrogen) atoms. The van der Waals surface area contributed by atoms with Crippen LogP contribution in [0.2, 0.25) is 0 Å². The highest BCUT2D eigenvalue weighted by atomic mass is 16.5. The molecule has 2 rings (SSSR count). The highest BCUT2D eigenvalue weighted by Crippen LogP contribution is 2.34. The van der Waals surface area contributed by atoms with E-state index < -0.39 is 0 Å². The Morgan fingerprint density at radius 3 is 2.53 bits per heavy atom. The molecule has 2 atom stereocenters. The molecule has 1 heterocycles. The Bertz CT molecular complexity index is 305. The van der Waals surface area contributed by atoms with Gasteiger partial charge in [-0.15, -0.1) is 0 Å². The fraction of sp³-hybridized carbons (Fsp3) is 0.538. The van der Waals surface area contributed by atoms with E-state index in [0.717, 1.165) is 18.6 Å². The van der Waals surface area contributed by atoms with Gasteiger partial charge in [0.2, 0.25) is 0 Å². The first-order chi connectivity index (χ1) is 7.33. The van der Waals surface area contributed by atoms with Crippen LogP contribution in [-0.2, 0) is 4.74 Å². The van der Waals surface area contributed by atoms with Crippen LogP contribution in [0.4, 0.5) is 0 Å². The second kappa shape index (κ2) is 4.67. The van der Waals surface area contributed by atoms with Crippen LogP contribution < -0.4 is 4.74 Å². The Morgan fingerprint density at radius 2 is 2.00 bits per heavy atom. The Balaban J connectivity index is 2.04. The first kappa shape index (κ1) is 10.5. The number of benzene rings is 1. The molecular formula is C13H18O2.